The number of aliphatic hydroxyl groups is 1. The van der Waals surface area contributed by atoms with E-state index in [0.717, 1.165) is 50.5 Å². The van der Waals surface area contributed by atoms with Gasteiger partial charge in [0.2, 0.25) is 0 Å². The van der Waals surface area contributed by atoms with Crippen LogP contribution in [-0.4, -0.2) is 69.2 Å². The number of carbonyl (C=O) groups excluding carboxylic acids is 1. The highest BCUT2D eigenvalue weighted by Gasteiger charge is 2.30. The predicted molar refractivity (Wildman–Crippen MR) is 83.8 cm³/mol. The van der Waals surface area contributed by atoms with E-state index in [1.807, 2.05) is 4.90 Å². The Balaban J connectivity index is 1.73. The summed E-state index contributed by atoms with van der Waals surface area (Å²) < 4.78 is 2.13. The summed E-state index contributed by atoms with van der Waals surface area (Å²) in [5, 5.41) is 9.06. The lowest BCUT2D eigenvalue weighted by Crippen LogP contribution is -2.54. The largest absolute Gasteiger partial charge is 0.395 e. The Morgan fingerprint density at radius 2 is 2.18 bits per heavy atom. The molecule has 0 aliphatic carbocycles. The van der Waals surface area contributed by atoms with Gasteiger partial charge >= 0.3 is 0 Å². The molecule has 6 heteroatoms. The highest BCUT2D eigenvalue weighted by Crippen LogP contribution is 2.19. The first-order valence-electron chi connectivity index (χ1n) is 8.39. The van der Waals surface area contributed by atoms with Gasteiger partial charge in [0.05, 0.1) is 12.8 Å². The third-order valence-corrected chi connectivity index (χ3v) is 4.83. The number of carbonyl (C=O) groups is 1. The first-order valence-corrected chi connectivity index (χ1v) is 8.39. The molecule has 3 rings (SSSR count). The van der Waals surface area contributed by atoms with Gasteiger partial charge in [-0.2, -0.15) is 0 Å². The Kier molecular flexibility index (Phi) is 4.78. The molecule has 1 amide bonds. The van der Waals surface area contributed by atoms with E-state index < -0.39 is 0 Å². The van der Waals surface area contributed by atoms with Gasteiger partial charge in [0.1, 0.15) is 11.5 Å². The van der Waals surface area contributed by atoms with Crippen LogP contribution < -0.4 is 0 Å². The molecule has 1 unspecified atom stereocenters. The van der Waals surface area contributed by atoms with Crippen LogP contribution in [0.25, 0.3) is 0 Å². The second-order valence-corrected chi connectivity index (χ2v) is 6.39. The fourth-order valence-electron chi connectivity index (χ4n) is 3.59. The molecule has 0 radical (unpaired) electrons. The summed E-state index contributed by atoms with van der Waals surface area (Å²) in [6.07, 6.45) is 6.25. The lowest BCUT2D eigenvalue weighted by molar-refractivity contribution is 0.0448. The second-order valence-electron chi connectivity index (χ2n) is 6.39. The molecule has 6 nitrogen and oxygen atoms in total. The monoisotopic (exact) mass is 306 g/mol. The molecule has 0 saturated carbocycles. The molecular formula is C16H26N4O2. The van der Waals surface area contributed by atoms with E-state index in [1.165, 1.54) is 12.8 Å². The van der Waals surface area contributed by atoms with Crippen LogP contribution in [0.4, 0.5) is 0 Å². The Bertz CT molecular complexity index is 528. The third-order valence-electron chi connectivity index (χ3n) is 4.83. The zero-order valence-electron chi connectivity index (χ0n) is 13.4. The van der Waals surface area contributed by atoms with Crippen LogP contribution in [0.1, 0.15) is 42.5 Å². The minimum atomic E-state index is 0.108. The maximum absolute atomic E-state index is 12.9. The Hall–Kier alpha value is -1.40. The summed E-state index contributed by atoms with van der Waals surface area (Å²) in [6, 6.07) is 0.171. The van der Waals surface area contributed by atoms with Crippen molar-refractivity contribution in [1.82, 2.24) is 19.4 Å². The molecule has 22 heavy (non-hydrogen) atoms. The van der Waals surface area contributed by atoms with Gasteiger partial charge in [0.15, 0.2) is 0 Å². The first kappa shape index (κ1) is 15.5. The number of nitrogens with zero attached hydrogens (tertiary/aromatic N) is 4. The standard InChI is InChI=1S/C16H26N4O2/c1-13-12-18(9-10-21)7-8-19(13)16(22)14-11-17-15-5-3-2-4-6-20(14)15/h11,13,21H,2-10,12H2,1H3. The van der Waals surface area contributed by atoms with Gasteiger partial charge in [-0.05, 0) is 19.8 Å². The fraction of sp³-hybridized carbons (Fsp3) is 0.750. The van der Waals surface area contributed by atoms with Gasteiger partial charge in [-0.15, -0.1) is 0 Å². The average molecular weight is 306 g/mol. The maximum atomic E-state index is 12.9. The molecular weight excluding hydrogens is 280 g/mol. The molecule has 1 N–H and O–H groups in total. The topological polar surface area (TPSA) is 61.6 Å². The van der Waals surface area contributed by atoms with E-state index in [4.69, 9.17) is 5.11 Å². The fourth-order valence-corrected chi connectivity index (χ4v) is 3.59. The number of β-amino-alcohol motifs (C(OH)–C–C–N with tert-alkyl or cyclic N) is 1. The number of fused-ring (bicyclic) bond motifs is 1. The zero-order chi connectivity index (χ0) is 15.5. The van der Waals surface area contributed by atoms with E-state index in [2.05, 4.69) is 21.4 Å². The van der Waals surface area contributed by atoms with Crippen molar-refractivity contribution in [2.45, 2.75) is 45.2 Å². The highest BCUT2D eigenvalue weighted by atomic mass is 16.3. The van der Waals surface area contributed by atoms with E-state index in [1.54, 1.807) is 6.20 Å². The number of hydrogen-bond acceptors (Lipinski definition) is 4. The number of amides is 1. The highest BCUT2D eigenvalue weighted by molar-refractivity contribution is 5.92. The molecule has 2 aliphatic rings. The number of aromatic nitrogens is 2. The van der Waals surface area contributed by atoms with Crippen molar-refractivity contribution in [3.8, 4) is 0 Å². The van der Waals surface area contributed by atoms with Crippen molar-refractivity contribution < 1.29 is 9.90 Å². The predicted octanol–water partition coefficient (Wildman–Crippen LogP) is 0.748. The first-order chi connectivity index (χ1) is 10.7. The normalized spacial score (nSPS) is 23.2. The smallest absolute Gasteiger partial charge is 0.272 e. The van der Waals surface area contributed by atoms with Crippen molar-refractivity contribution in [3.63, 3.8) is 0 Å². The summed E-state index contributed by atoms with van der Waals surface area (Å²) >= 11 is 0. The van der Waals surface area contributed by atoms with Gasteiger partial charge in [0, 0.05) is 45.2 Å². The summed E-state index contributed by atoms with van der Waals surface area (Å²) in [5.74, 6) is 1.17. The summed E-state index contributed by atoms with van der Waals surface area (Å²) in [5.41, 5.74) is 0.749. The molecule has 1 aromatic heterocycles. The SMILES string of the molecule is CC1CN(CCO)CCN1C(=O)c1cnc2n1CCCCC2. The third kappa shape index (κ3) is 3.03. The lowest BCUT2D eigenvalue weighted by atomic mass is 10.1. The van der Waals surface area contributed by atoms with Crippen molar-refractivity contribution in [3.05, 3.63) is 17.7 Å². The van der Waals surface area contributed by atoms with Gasteiger partial charge in [0.25, 0.3) is 5.91 Å². The van der Waals surface area contributed by atoms with Gasteiger partial charge in [-0.25, -0.2) is 4.98 Å². The molecule has 0 bridgehead atoms. The number of aliphatic hydroxyl groups excluding tert-OH is 1. The number of hydrogen-bond donors (Lipinski definition) is 1. The van der Waals surface area contributed by atoms with E-state index >= 15 is 0 Å². The second kappa shape index (κ2) is 6.79. The molecule has 1 fully saturated rings. The van der Waals surface area contributed by atoms with Crippen molar-refractivity contribution in [2.24, 2.45) is 0 Å². The number of rotatable bonds is 3. The molecule has 3 heterocycles. The van der Waals surface area contributed by atoms with Crippen LogP contribution in [0.2, 0.25) is 0 Å². The average Bonchev–Trinajstić information content (AvgIpc) is 2.76. The van der Waals surface area contributed by atoms with Crippen LogP contribution in [-0.2, 0) is 13.0 Å². The van der Waals surface area contributed by atoms with Crippen LogP contribution in [0, 0.1) is 0 Å². The Morgan fingerprint density at radius 1 is 1.32 bits per heavy atom. The van der Waals surface area contributed by atoms with E-state index in [0.29, 0.717) is 6.54 Å². The van der Waals surface area contributed by atoms with Crippen molar-refractivity contribution in [2.75, 3.05) is 32.8 Å². The molecule has 0 aromatic carbocycles. The molecule has 1 saturated heterocycles. The number of imidazole rings is 1. The van der Waals surface area contributed by atoms with Crippen molar-refractivity contribution in [1.29, 1.82) is 0 Å². The molecule has 1 atom stereocenters. The molecule has 122 valence electrons. The minimum Gasteiger partial charge on any atom is -0.395 e. The number of aryl methyl sites for hydroxylation is 1. The summed E-state index contributed by atoms with van der Waals surface area (Å²) in [4.78, 5) is 21.6. The Morgan fingerprint density at radius 3 is 2.95 bits per heavy atom. The quantitative estimate of drug-likeness (QED) is 0.895. The van der Waals surface area contributed by atoms with Crippen LogP contribution in [0.5, 0.6) is 0 Å². The number of piperazine rings is 1. The van der Waals surface area contributed by atoms with Gasteiger partial charge in [-0.1, -0.05) is 6.42 Å². The van der Waals surface area contributed by atoms with E-state index in [-0.39, 0.29) is 18.6 Å². The maximum Gasteiger partial charge on any atom is 0.272 e. The van der Waals surface area contributed by atoms with Crippen LogP contribution in [0.3, 0.4) is 0 Å². The van der Waals surface area contributed by atoms with Gasteiger partial charge in [-0.3, -0.25) is 9.69 Å². The summed E-state index contributed by atoms with van der Waals surface area (Å²) in [6.45, 7) is 6.24. The van der Waals surface area contributed by atoms with Crippen LogP contribution in [0.15, 0.2) is 6.20 Å². The summed E-state index contributed by atoms with van der Waals surface area (Å²) in [7, 11) is 0. The van der Waals surface area contributed by atoms with Crippen molar-refractivity contribution >= 4 is 5.91 Å². The molecule has 1 aromatic rings. The lowest BCUT2D eigenvalue weighted by Gasteiger charge is -2.39. The van der Waals surface area contributed by atoms with Crippen LogP contribution >= 0.6 is 0 Å². The van der Waals surface area contributed by atoms with Gasteiger partial charge < -0.3 is 14.6 Å². The zero-order valence-corrected chi connectivity index (χ0v) is 13.4. The molecule has 0 spiro atoms. The molecule has 2 aliphatic heterocycles. The Labute approximate surface area is 131 Å². The minimum absolute atomic E-state index is 0.108. The van der Waals surface area contributed by atoms with E-state index in [9.17, 15) is 4.79 Å².